The number of nitrogens with one attached hydrogen (secondary N) is 1. The number of hydrogen-bond donors (Lipinski definition) is 3. The van der Waals surface area contributed by atoms with Gasteiger partial charge in [0.2, 0.25) is 12.6 Å². The highest BCUT2D eigenvalue weighted by Gasteiger charge is 2.65. The van der Waals surface area contributed by atoms with Crippen molar-refractivity contribution in [2.45, 2.75) is 82.8 Å². The molecular formula is C54H63N3O13. The number of hydrogen-bond acceptors (Lipinski definition) is 14. The Labute approximate surface area is 408 Å². The van der Waals surface area contributed by atoms with E-state index in [-0.39, 0.29) is 70.4 Å². The lowest BCUT2D eigenvalue weighted by atomic mass is 9.55. The Bertz CT molecular complexity index is 2520. The molecule has 0 spiro atoms. The van der Waals surface area contributed by atoms with Crippen LogP contribution in [0, 0.1) is 17.8 Å². The van der Waals surface area contributed by atoms with Gasteiger partial charge in [-0.2, -0.15) is 0 Å². The Morgan fingerprint density at radius 2 is 1.66 bits per heavy atom. The number of benzene rings is 4. The van der Waals surface area contributed by atoms with E-state index in [1.165, 1.54) is 7.11 Å². The van der Waals surface area contributed by atoms with Crippen LogP contribution in [0.4, 0.5) is 15.3 Å². The zero-order valence-electron chi connectivity index (χ0n) is 40.0. The van der Waals surface area contributed by atoms with Gasteiger partial charge >= 0.3 is 12.2 Å². The molecular weight excluding hydrogens is 899 g/mol. The van der Waals surface area contributed by atoms with Gasteiger partial charge in [-0.3, -0.25) is 10.2 Å². The molecule has 16 nitrogen and oxygen atoms in total. The molecule has 372 valence electrons. The first kappa shape index (κ1) is 49.7. The van der Waals surface area contributed by atoms with Crippen molar-refractivity contribution in [1.82, 2.24) is 4.90 Å². The van der Waals surface area contributed by atoms with E-state index < -0.39 is 35.9 Å². The maximum atomic E-state index is 14.7. The summed E-state index contributed by atoms with van der Waals surface area (Å²) in [5.41, 5.74) is 4.30. The predicted molar refractivity (Wildman–Crippen MR) is 261 cm³/mol. The zero-order valence-corrected chi connectivity index (χ0v) is 40.0. The van der Waals surface area contributed by atoms with Gasteiger partial charge in [-0.05, 0) is 104 Å². The fraction of sp³-hybridized carbons (Fsp3) is 0.426. The van der Waals surface area contributed by atoms with E-state index in [1.54, 1.807) is 55.3 Å². The second-order valence-corrected chi connectivity index (χ2v) is 17.6. The van der Waals surface area contributed by atoms with Crippen molar-refractivity contribution >= 4 is 23.6 Å². The van der Waals surface area contributed by atoms with Crippen molar-refractivity contribution in [2.24, 2.45) is 22.9 Å². The second-order valence-electron chi connectivity index (χ2n) is 17.6. The minimum Gasteiger partial charge on any atom is -0.497 e. The van der Waals surface area contributed by atoms with Gasteiger partial charge in [0.15, 0.2) is 11.5 Å². The lowest BCUT2D eigenvalue weighted by molar-refractivity contribution is -0.256. The minimum absolute atomic E-state index is 0.0290. The normalized spacial score (nSPS) is 22.1. The van der Waals surface area contributed by atoms with Gasteiger partial charge in [-0.1, -0.05) is 66.5 Å². The standard InChI is InChI=1S/C54H63N3O13/c1-5-26-67-54-49(57(53(61)64-6-2)32-36-18-22-46-48(27-36)66-34-65-46)31-44(56-68-33-35-14-8-7-9-15-35)41-28-37(16-10-12-24-58)40(17-11-13-25-59)50(51(41)54)42-29-39(20-23-45(42)70-54)69-52(60)55-43-21-19-38(62-3)30-47(43)63-4/h5,7-9,14-15,18-23,27-30,37,40,49-51,58-59H,1,6,10-13,16-17,24-26,31-34H2,2-4H3,(H,55,60)/t37-,40+,49-,50+,51+,54+/m0/s1. The first-order valence-electron chi connectivity index (χ1n) is 24.0. The van der Waals surface area contributed by atoms with E-state index in [0.717, 1.165) is 35.1 Å². The smallest absolute Gasteiger partial charge is 0.417 e. The van der Waals surface area contributed by atoms with Crippen LogP contribution in [-0.2, 0) is 27.5 Å². The lowest BCUT2D eigenvalue weighted by Gasteiger charge is -2.59. The van der Waals surface area contributed by atoms with Crippen LogP contribution in [0.2, 0.25) is 0 Å². The van der Waals surface area contributed by atoms with Crippen molar-refractivity contribution < 1.29 is 62.5 Å². The number of unbranched alkanes of at least 4 members (excludes halogenated alkanes) is 2. The molecule has 6 atom stereocenters. The topological polar surface area (TPSA) is 185 Å². The summed E-state index contributed by atoms with van der Waals surface area (Å²) >= 11 is 0. The number of carbonyl (C=O) groups is 2. The number of nitrogens with zero attached hydrogens (tertiary/aromatic N) is 2. The molecule has 2 heterocycles. The summed E-state index contributed by atoms with van der Waals surface area (Å²) in [5.74, 6) is 0.133. The molecule has 1 fully saturated rings. The zero-order chi connectivity index (χ0) is 49.0. The maximum Gasteiger partial charge on any atom is 0.417 e. The maximum absolute atomic E-state index is 14.7. The first-order valence-corrected chi connectivity index (χ1v) is 24.0. The van der Waals surface area contributed by atoms with Crippen LogP contribution < -0.4 is 33.7 Å². The number of rotatable bonds is 22. The Balaban J connectivity index is 1.29. The van der Waals surface area contributed by atoms with Crippen molar-refractivity contribution in [2.75, 3.05) is 52.8 Å². The van der Waals surface area contributed by atoms with Crippen LogP contribution in [0.25, 0.3) is 0 Å². The molecule has 4 aliphatic rings. The van der Waals surface area contributed by atoms with E-state index in [4.69, 9.17) is 47.9 Å². The number of fused-ring (bicyclic) bond motifs is 3. The molecule has 1 saturated carbocycles. The van der Waals surface area contributed by atoms with Crippen LogP contribution in [0.3, 0.4) is 0 Å². The first-order chi connectivity index (χ1) is 34.2. The van der Waals surface area contributed by atoms with Gasteiger partial charge in [0, 0.05) is 43.7 Å². The van der Waals surface area contributed by atoms with Crippen LogP contribution in [0.15, 0.2) is 114 Å². The fourth-order valence-corrected chi connectivity index (χ4v) is 10.4. The van der Waals surface area contributed by atoms with E-state index >= 15 is 0 Å². The van der Waals surface area contributed by atoms with E-state index in [1.807, 2.05) is 54.6 Å². The number of methoxy groups -OCH3 is 2. The summed E-state index contributed by atoms with van der Waals surface area (Å²) < 4.78 is 48.7. The van der Waals surface area contributed by atoms with Crippen molar-refractivity contribution in [3.05, 3.63) is 126 Å². The highest BCUT2D eigenvalue weighted by atomic mass is 16.7. The molecule has 0 saturated heterocycles. The fourth-order valence-electron chi connectivity index (χ4n) is 10.4. The minimum atomic E-state index is -1.57. The highest BCUT2D eigenvalue weighted by Crippen LogP contribution is 2.62. The highest BCUT2D eigenvalue weighted by molar-refractivity contribution is 6.03. The molecule has 4 aromatic carbocycles. The molecule has 4 aromatic rings. The summed E-state index contributed by atoms with van der Waals surface area (Å²) in [6, 6.07) is 24.8. The van der Waals surface area contributed by atoms with Crippen molar-refractivity contribution in [1.29, 1.82) is 0 Å². The molecule has 0 bridgehead atoms. The van der Waals surface area contributed by atoms with Crippen LogP contribution in [-0.4, -0.2) is 92.3 Å². The average Bonchev–Trinajstić information content (AvgIpc) is 3.85. The molecule has 70 heavy (non-hydrogen) atoms. The summed E-state index contributed by atoms with van der Waals surface area (Å²) in [4.78, 5) is 36.3. The Morgan fingerprint density at radius 3 is 2.41 bits per heavy atom. The summed E-state index contributed by atoms with van der Waals surface area (Å²) in [6.07, 6.45) is 6.87. The van der Waals surface area contributed by atoms with Gasteiger partial charge in [0.05, 0.1) is 44.8 Å². The number of carbonyl (C=O) groups excluding carboxylic acids is 2. The summed E-state index contributed by atoms with van der Waals surface area (Å²) in [7, 11) is 3.04. The van der Waals surface area contributed by atoms with Gasteiger partial charge in [-0.15, -0.1) is 6.58 Å². The molecule has 2 amide bonds. The van der Waals surface area contributed by atoms with Gasteiger partial charge in [-0.25, -0.2) is 9.59 Å². The monoisotopic (exact) mass is 961 g/mol. The third-order valence-electron chi connectivity index (χ3n) is 13.4. The van der Waals surface area contributed by atoms with Gasteiger partial charge in [0.25, 0.3) is 0 Å². The third-order valence-corrected chi connectivity index (χ3v) is 13.4. The predicted octanol–water partition coefficient (Wildman–Crippen LogP) is 9.54. The molecule has 16 heteroatoms. The van der Waals surface area contributed by atoms with E-state index in [2.05, 4.69) is 18.0 Å². The van der Waals surface area contributed by atoms with Crippen LogP contribution in [0.1, 0.15) is 74.5 Å². The molecule has 2 aliphatic heterocycles. The lowest BCUT2D eigenvalue weighted by Crippen LogP contribution is -2.70. The van der Waals surface area contributed by atoms with E-state index in [0.29, 0.717) is 65.8 Å². The third kappa shape index (κ3) is 10.8. The molecule has 8 rings (SSSR count). The second kappa shape index (κ2) is 23.2. The molecule has 0 radical (unpaired) electrons. The average molecular weight is 962 g/mol. The summed E-state index contributed by atoms with van der Waals surface area (Å²) in [6.45, 7) is 6.42. The summed E-state index contributed by atoms with van der Waals surface area (Å²) in [5, 5.41) is 27.8. The molecule has 3 N–H and O–H groups in total. The number of aliphatic hydroxyl groups excluding tert-OH is 2. The number of amides is 2. The quantitative estimate of drug-likeness (QED) is 0.0385. The van der Waals surface area contributed by atoms with Gasteiger partial charge in [0.1, 0.15) is 35.6 Å². The number of oxime groups is 1. The van der Waals surface area contributed by atoms with Gasteiger partial charge < -0.3 is 52.9 Å². The Hall–Kier alpha value is -6.75. The van der Waals surface area contributed by atoms with Crippen molar-refractivity contribution in [3.63, 3.8) is 0 Å². The largest absolute Gasteiger partial charge is 0.497 e. The van der Waals surface area contributed by atoms with E-state index in [9.17, 15) is 19.8 Å². The Morgan fingerprint density at radius 1 is 0.886 bits per heavy atom. The molecule has 0 aromatic heterocycles. The SMILES string of the molecule is C=CCO[C@@]12Oc3ccc(OC(=O)Nc4ccc(OC)cc4OC)cc3[C@H]3[C@H](CCCCO)[C@@H](CCCCO)C=C(C(=NOCc4ccccc4)C[C@@H]1N(Cc1ccc4c(c1)OCO4)C(=O)OCC)[C@H]32. The van der Waals surface area contributed by atoms with Crippen LogP contribution >= 0.6 is 0 Å². The Kier molecular flexibility index (Phi) is 16.5. The molecule has 2 aliphatic carbocycles. The van der Waals surface area contributed by atoms with Crippen molar-refractivity contribution in [3.8, 4) is 34.5 Å². The molecule has 0 unspecified atom stereocenters. The van der Waals surface area contributed by atoms with Crippen LogP contribution in [0.5, 0.6) is 34.5 Å². The number of allylic oxidation sites excluding steroid dienone is 1. The number of ether oxygens (including phenoxy) is 8. The number of aliphatic hydroxyl groups is 2. The number of anilines is 1.